The first kappa shape index (κ1) is 9.12. The highest BCUT2D eigenvalue weighted by Crippen LogP contribution is 2.13. The summed E-state index contributed by atoms with van der Waals surface area (Å²) in [5, 5.41) is 0. The molecular weight excluding hydrogens is 178 g/mol. The lowest BCUT2D eigenvalue weighted by Gasteiger charge is -2.26. The van der Waals surface area contributed by atoms with E-state index in [2.05, 4.69) is 4.98 Å². The van der Waals surface area contributed by atoms with E-state index in [9.17, 15) is 4.79 Å². The van der Waals surface area contributed by atoms with Crippen molar-refractivity contribution in [3.8, 4) is 0 Å². The maximum absolute atomic E-state index is 11.9. The number of amides is 1. The van der Waals surface area contributed by atoms with Crippen LogP contribution in [0.1, 0.15) is 29.8 Å². The molecule has 0 spiro atoms. The average molecular weight is 193 g/mol. The van der Waals surface area contributed by atoms with Gasteiger partial charge in [-0.15, -0.1) is 0 Å². The molecule has 76 valence electrons. The lowest BCUT2D eigenvalue weighted by Crippen LogP contribution is -2.35. The zero-order chi connectivity index (χ0) is 9.97. The van der Waals surface area contributed by atoms with Crippen LogP contribution in [-0.2, 0) is 0 Å². The molecule has 2 rings (SSSR count). The van der Waals surface area contributed by atoms with Crippen LogP contribution in [0.15, 0.2) is 12.3 Å². The molecule has 0 radical (unpaired) electrons. The molecule has 4 nitrogen and oxygen atoms in total. The molecule has 1 saturated heterocycles. The summed E-state index contributed by atoms with van der Waals surface area (Å²) in [5.74, 6) is 0.0707. The van der Waals surface area contributed by atoms with Crippen LogP contribution in [0, 0.1) is 0 Å². The van der Waals surface area contributed by atoms with Crippen molar-refractivity contribution in [2.24, 2.45) is 0 Å². The number of hydrogen-bond acceptors (Lipinski definition) is 2. The molecule has 2 heterocycles. The number of hydrogen-bond donors (Lipinski definition) is 2. The van der Waals surface area contributed by atoms with E-state index in [-0.39, 0.29) is 5.91 Å². The maximum atomic E-state index is 11.9. The summed E-state index contributed by atoms with van der Waals surface area (Å²) < 4.78 is 0. The van der Waals surface area contributed by atoms with E-state index in [0.29, 0.717) is 11.4 Å². The third-order valence-electron chi connectivity index (χ3n) is 2.58. The van der Waals surface area contributed by atoms with Crippen molar-refractivity contribution in [2.45, 2.75) is 19.3 Å². The number of carbonyl (C=O) groups is 1. The summed E-state index contributed by atoms with van der Waals surface area (Å²) in [4.78, 5) is 16.6. The summed E-state index contributed by atoms with van der Waals surface area (Å²) in [5.41, 5.74) is 6.76. The van der Waals surface area contributed by atoms with Crippen LogP contribution in [0.4, 0.5) is 5.69 Å². The zero-order valence-electron chi connectivity index (χ0n) is 8.12. The second-order valence-corrected chi connectivity index (χ2v) is 3.70. The number of anilines is 1. The normalized spacial score (nSPS) is 17.0. The van der Waals surface area contributed by atoms with Gasteiger partial charge in [0.05, 0.1) is 0 Å². The van der Waals surface area contributed by atoms with Crippen molar-refractivity contribution in [2.75, 3.05) is 18.8 Å². The molecule has 4 heteroatoms. The van der Waals surface area contributed by atoms with Gasteiger partial charge in [0.25, 0.3) is 5.91 Å². The Bertz CT molecular complexity index is 326. The largest absolute Gasteiger partial charge is 0.397 e. The van der Waals surface area contributed by atoms with E-state index in [1.807, 2.05) is 4.90 Å². The minimum atomic E-state index is 0.0707. The highest BCUT2D eigenvalue weighted by atomic mass is 16.2. The number of nitrogen functional groups attached to an aromatic ring is 1. The summed E-state index contributed by atoms with van der Waals surface area (Å²) in [7, 11) is 0. The van der Waals surface area contributed by atoms with E-state index in [0.717, 1.165) is 25.9 Å². The first-order valence-corrected chi connectivity index (χ1v) is 5.00. The molecule has 0 bridgehead atoms. The fourth-order valence-electron chi connectivity index (χ4n) is 1.80. The van der Waals surface area contributed by atoms with Gasteiger partial charge in [-0.1, -0.05) is 0 Å². The number of rotatable bonds is 1. The predicted octanol–water partition coefficient (Wildman–Crippen LogP) is 1.22. The van der Waals surface area contributed by atoms with E-state index < -0.39 is 0 Å². The molecular formula is C10H15N3O. The Balaban J connectivity index is 2.07. The van der Waals surface area contributed by atoms with Crippen LogP contribution < -0.4 is 5.73 Å². The van der Waals surface area contributed by atoms with Gasteiger partial charge in [-0.3, -0.25) is 4.79 Å². The number of aromatic amines is 1. The second kappa shape index (κ2) is 3.74. The zero-order valence-corrected chi connectivity index (χ0v) is 8.12. The smallest absolute Gasteiger partial charge is 0.270 e. The van der Waals surface area contributed by atoms with Gasteiger partial charge in [0.1, 0.15) is 5.69 Å². The molecule has 0 aliphatic carbocycles. The minimum Gasteiger partial charge on any atom is -0.397 e. The van der Waals surface area contributed by atoms with E-state index in [1.165, 1.54) is 6.42 Å². The van der Waals surface area contributed by atoms with Crippen LogP contribution in [0.2, 0.25) is 0 Å². The monoisotopic (exact) mass is 193 g/mol. The van der Waals surface area contributed by atoms with Crippen molar-refractivity contribution in [1.29, 1.82) is 0 Å². The number of carbonyl (C=O) groups excluding carboxylic acids is 1. The molecule has 3 N–H and O–H groups in total. The topological polar surface area (TPSA) is 62.1 Å². The molecule has 1 aliphatic heterocycles. The summed E-state index contributed by atoms with van der Waals surface area (Å²) >= 11 is 0. The first-order valence-electron chi connectivity index (χ1n) is 5.00. The van der Waals surface area contributed by atoms with E-state index in [4.69, 9.17) is 5.73 Å². The molecule has 0 saturated carbocycles. The summed E-state index contributed by atoms with van der Waals surface area (Å²) in [6, 6.07) is 1.69. The van der Waals surface area contributed by atoms with Gasteiger partial charge in [-0.25, -0.2) is 0 Å². The standard InChI is InChI=1S/C10H15N3O/c11-8-6-9(12-7-8)10(14)13-4-2-1-3-5-13/h6-7,12H,1-5,11H2. The quantitative estimate of drug-likeness (QED) is 0.704. The average Bonchev–Trinajstić information content (AvgIpc) is 2.65. The molecule has 0 aromatic carbocycles. The molecule has 14 heavy (non-hydrogen) atoms. The van der Waals surface area contributed by atoms with Crippen molar-refractivity contribution >= 4 is 11.6 Å². The minimum absolute atomic E-state index is 0.0707. The van der Waals surface area contributed by atoms with Gasteiger partial charge in [-0.05, 0) is 25.3 Å². The lowest BCUT2D eigenvalue weighted by atomic mass is 10.1. The van der Waals surface area contributed by atoms with Crippen LogP contribution in [0.3, 0.4) is 0 Å². The molecule has 1 amide bonds. The molecule has 0 atom stereocenters. The van der Waals surface area contributed by atoms with Gasteiger partial charge in [0.15, 0.2) is 0 Å². The number of piperidine rings is 1. The molecule has 1 fully saturated rings. The number of nitrogens with two attached hydrogens (primary N) is 1. The van der Waals surface area contributed by atoms with Gasteiger partial charge in [-0.2, -0.15) is 0 Å². The SMILES string of the molecule is Nc1c[nH]c(C(=O)N2CCCCC2)c1. The summed E-state index contributed by atoms with van der Waals surface area (Å²) in [6.07, 6.45) is 5.11. The van der Waals surface area contributed by atoms with Crippen molar-refractivity contribution < 1.29 is 4.79 Å². The Kier molecular flexibility index (Phi) is 2.43. The molecule has 1 aliphatic rings. The summed E-state index contributed by atoms with van der Waals surface area (Å²) in [6.45, 7) is 1.75. The Morgan fingerprint density at radius 1 is 1.36 bits per heavy atom. The first-order chi connectivity index (χ1) is 6.77. The third kappa shape index (κ3) is 1.73. The van der Waals surface area contributed by atoms with Crippen molar-refractivity contribution in [3.63, 3.8) is 0 Å². The maximum Gasteiger partial charge on any atom is 0.270 e. The highest BCUT2D eigenvalue weighted by Gasteiger charge is 2.18. The lowest BCUT2D eigenvalue weighted by molar-refractivity contribution is 0.0719. The van der Waals surface area contributed by atoms with Gasteiger partial charge >= 0.3 is 0 Å². The molecule has 0 unspecified atom stereocenters. The van der Waals surface area contributed by atoms with E-state index in [1.54, 1.807) is 12.3 Å². The van der Waals surface area contributed by atoms with Crippen LogP contribution >= 0.6 is 0 Å². The van der Waals surface area contributed by atoms with Crippen molar-refractivity contribution in [1.82, 2.24) is 9.88 Å². The van der Waals surface area contributed by atoms with Crippen LogP contribution in [0.5, 0.6) is 0 Å². The predicted molar refractivity (Wildman–Crippen MR) is 55.0 cm³/mol. The highest BCUT2D eigenvalue weighted by molar-refractivity contribution is 5.93. The Labute approximate surface area is 83.1 Å². The number of aromatic nitrogens is 1. The van der Waals surface area contributed by atoms with Gasteiger partial charge < -0.3 is 15.6 Å². The van der Waals surface area contributed by atoms with Gasteiger partial charge in [0.2, 0.25) is 0 Å². The Hall–Kier alpha value is -1.45. The van der Waals surface area contributed by atoms with E-state index >= 15 is 0 Å². The fourth-order valence-corrected chi connectivity index (χ4v) is 1.80. The number of H-pyrrole nitrogens is 1. The molecule has 1 aromatic rings. The van der Waals surface area contributed by atoms with Crippen LogP contribution in [-0.4, -0.2) is 28.9 Å². The van der Waals surface area contributed by atoms with Gasteiger partial charge in [0, 0.05) is 25.0 Å². The third-order valence-corrected chi connectivity index (χ3v) is 2.58. The van der Waals surface area contributed by atoms with Crippen molar-refractivity contribution in [3.05, 3.63) is 18.0 Å². The van der Waals surface area contributed by atoms with Crippen LogP contribution in [0.25, 0.3) is 0 Å². The number of likely N-dealkylation sites (tertiary alicyclic amines) is 1. The second-order valence-electron chi connectivity index (χ2n) is 3.70. The Morgan fingerprint density at radius 2 is 2.07 bits per heavy atom. The fraction of sp³-hybridized carbons (Fsp3) is 0.500. The molecule has 1 aromatic heterocycles. The Morgan fingerprint density at radius 3 is 2.64 bits per heavy atom. The number of nitrogens with one attached hydrogen (secondary N) is 1. The number of nitrogens with zero attached hydrogens (tertiary/aromatic N) is 1.